The molecule has 2 aromatic rings. The smallest absolute Gasteiger partial charge is 0.230 e. The van der Waals surface area contributed by atoms with Crippen LogP contribution in [0.3, 0.4) is 0 Å². The summed E-state index contributed by atoms with van der Waals surface area (Å²) in [7, 11) is 3.22. The molecule has 0 fully saturated rings. The van der Waals surface area contributed by atoms with E-state index in [0.29, 0.717) is 24.9 Å². The lowest BCUT2D eigenvalue weighted by molar-refractivity contribution is -0.118. The van der Waals surface area contributed by atoms with Gasteiger partial charge in [0.15, 0.2) is 11.0 Å². The molecule has 0 spiro atoms. The molecule has 0 bridgehead atoms. The molecule has 0 saturated heterocycles. The van der Waals surface area contributed by atoms with Crippen LogP contribution in [0.15, 0.2) is 42.1 Å². The van der Waals surface area contributed by atoms with Gasteiger partial charge in [-0.1, -0.05) is 17.8 Å². The Bertz CT molecular complexity index is 700. The molecule has 1 aromatic heterocycles. The van der Waals surface area contributed by atoms with Crippen molar-refractivity contribution in [3.63, 3.8) is 0 Å². The molecule has 2 rings (SSSR count). The maximum atomic E-state index is 11.8. The largest absolute Gasteiger partial charge is 0.497 e. The molecule has 0 unspecified atom stereocenters. The summed E-state index contributed by atoms with van der Waals surface area (Å²) in [4.78, 5) is 11.8. The number of methoxy groups -OCH3 is 2. The van der Waals surface area contributed by atoms with E-state index in [0.717, 1.165) is 17.1 Å². The van der Waals surface area contributed by atoms with E-state index >= 15 is 0 Å². The van der Waals surface area contributed by atoms with Crippen molar-refractivity contribution in [3.05, 3.63) is 36.9 Å². The number of nitrogens with one attached hydrogen (secondary N) is 1. The highest BCUT2D eigenvalue weighted by molar-refractivity contribution is 7.99. The van der Waals surface area contributed by atoms with Gasteiger partial charge in [0.05, 0.1) is 19.5 Å². The van der Waals surface area contributed by atoms with Crippen LogP contribution in [0.2, 0.25) is 0 Å². The van der Waals surface area contributed by atoms with Gasteiger partial charge in [0.1, 0.15) is 5.75 Å². The van der Waals surface area contributed by atoms with E-state index in [1.807, 2.05) is 28.8 Å². The van der Waals surface area contributed by atoms with Crippen molar-refractivity contribution in [1.29, 1.82) is 0 Å². The summed E-state index contributed by atoms with van der Waals surface area (Å²) in [5.74, 6) is 1.70. The Morgan fingerprint density at radius 1 is 1.32 bits per heavy atom. The van der Waals surface area contributed by atoms with Crippen LogP contribution >= 0.6 is 11.8 Å². The second-order valence-electron chi connectivity index (χ2n) is 5.07. The summed E-state index contributed by atoms with van der Waals surface area (Å²) in [6.07, 6.45) is 1.78. The predicted octanol–water partition coefficient (Wildman–Crippen LogP) is 1.99. The Hall–Kier alpha value is -2.32. The minimum absolute atomic E-state index is 0.0683. The van der Waals surface area contributed by atoms with Crippen LogP contribution in [-0.4, -0.2) is 53.8 Å². The molecule has 8 heteroatoms. The van der Waals surface area contributed by atoms with E-state index in [2.05, 4.69) is 22.1 Å². The Morgan fingerprint density at radius 3 is 2.72 bits per heavy atom. The van der Waals surface area contributed by atoms with E-state index in [1.54, 1.807) is 20.3 Å². The average Bonchev–Trinajstić information content (AvgIpc) is 3.03. The minimum Gasteiger partial charge on any atom is -0.497 e. The van der Waals surface area contributed by atoms with Crippen molar-refractivity contribution in [3.8, 4) is 17.1 Å². The molecule has 7 nitrogen and oxygen atoms in total. The van der Waals surface area contributed by atoms with Gasteiger partial charge < -0.3 is 14.8 Å². The highest BCUT2D eigenvalue weighted by Gasteiger charge is 2.15. The summed E-state index contributed by atoms with van der Waals surface area (Å²) in [6, 6.07) is 7.60. The average molecular weight is 362 g/mol. The number of nitrogens with zero attached hydrogens (tertiary/aromatic N) is 3. The SMILES string of the molecule is C=CCn1c(SCC(=O)NCCOC)nnc1-c1ccc(OC)cc1. The number of hydrogen-bond donors (Lipinski definition) is 1. The molecule has 25 heavy (non-hydrogen) atoms. The molecule has 1 N–H and O–H groups in total. The Labute approximate surface area is 151 Å². The molecular weight excluding hydrogens is 340 g/mol. The number of allylic oxidation sites excluding steroid dienone is 1. The number of benzene rings is 1. The number of amides is 1. The third kappa shape index (κ3) is 5.33. The highest BCUT2D eigenvalue weighted by Crippen LogP contribution is 2.25. The van der Waals surface area contributed by atoms with Gasteiger partial charge in [-0.25, -0.2) is 0 Å². The zero-order chi connectivity index (χ0) is 18.1. The van der Waals surface area contributed by atoms with Crippen molar-refractivity contribution in [2.75, 3.05) is 33.1 Å². The first-order valence-corrected chi connectivity index (χ1v) is 8.75. The second-order valence-corrected chi connectivity index (χ2v) is 6.01. The molecule has 1 amide bonds. The number of ether oxygens (including phenoxy) is 2. The van der Waals surface area contributed by atoms with Gasteiger partial charge in [0, 0.05) is 25.8 Å². The minimum atomic E-state index is -0.0683. The summed E-state index contributed by atoms with van der Waals surface area (Å²) >= 11 is 1.34. The zero-order valence-electron chi connectivity index (χ0n) is 14.4. The van der Waals surface area contributed by atoms with E-state index in [-0.39, 0.29) is 11.7 Å². The molecule has 0 radical (unpaired) electrons. The van der Waals surface area contributed by atoms with Gasteiger partial charge in [0.25, 0.3) is 0 Å². The van der Waals surface area contributed by atoms with Crippen LogP contribution < -0.4 is 10.1 Å². The molecule has 0 aliphatic carbocycles. The summed E-state index contributed by atoms with van der Waals surface area (Å²) in [6.45, 7) is 5.33. The predicted molar refractivity (Wildman–Crippen MR) is 97.8 cm³/mol. The van der Waals surface area contributed by atoms with Crippen molar-refractivity contribution >= 4 is 17.7 Å². The van der Waals surface area contributed by atoms with Gasteiger partial charge in [-0.15, -0.1) is 16.8 Å². The molecule has 134 valence electrons. The van der Waals surface area contributed by atoms with E-state index in [9.17, 15) is 4.79 Å². The van der Waals surface area contributed by atoms with E-state index in [1.165, 1.54) is 11.8 Å². The normalized spacial score (nSPS) is 10.5. The highest BCUT2D eigenvalue weighted by atomic mass is 32.2. The monoisotopic (exact) mass is 362 g/mol. The lowest BCUT2D eigenvalue weighted by Gasteiger charge is -2.08. The number of aromatic nitrogens is 3. The maximum Gasteiger partial charge on any atom is 0.230 e. The number of thioether (sulfide) groups is 1. The van der Waals surface area contributed by atoms with Crippen LogP contribution in [0.4, 0.5) is 0 Å². The Balaban J connectivity index is 2.10. The third-order valence-electron chi connectivity index (χ3n) is 3.34. The van der Waals surface area contributed by atoms with Gasteiger partial charge in [-0.2, -0.15) is 0 Å². The molecule has 0 atom stereocenters. The molecule has 1 aromatic carbocycles. The van der Waals surface area contributed by atoms with Crippen LogP contribution in [0.25, 0.3) is 11.4 Å². The van der Waals surface area contributed by atoms with Gasteiger partial charge >= 0.3 is 0 Å². The summed E-state index contributed by atoms with van der Waals surface area (Å²) < 4.78 is 12.0. The lowest BCUT2D eigenvalue weighted by atomic mass is 10.2. The topological polar surface area (TPSA) is 78.3 Å². The van der Waals surface area contributed by atoms with Gasteiger partial charge in [-0.3, -0.25) is 9.36 Å². The number of carbonyl (C=O) groups is 1. The van der Waals surface area contributed by atoms with Gasteiger partial charge in [-0.05, 0) is 24.3 Å². The van der Waals surface area contributed by atoms with Crippen LogP contribution in [0, 0.1) is 0 Å². The first kappa shape index (κ1) is 19.0. The quantitative estimate of drug-likeness (QED) is 0.396. The molecule has 1 heterocycles. The zero-order valence-corrected chi connectivity index (χ0v) is 15.2. The van der Waals surface area contributed by atoms with Crippen molar-refractivity contribution in [2.45, 2.75) is 11.7 Å². The summed E-state index contributed by atoms with van der Waals surface area (Å²) in [5.41, 5.74) is 0.923. The Morgan fingerprint density at radius 2 is 2.08 bits per heavy atom. The van der Waals surface area contributed by atoms with Crippen molar-refractivity contribution in [1.82, 2.24) is 20.1 Å². The standard InChI is InChI=1S/C17H22N4O3S/c1-4-10-21-16(13-5-7-14(24-3)8-6-13)19-20-17(21)25-12-15(22)18-9-11-23-2/h4-8H,1,9-12H2,2-3H3,(H,18,22). The molecule has 0 aliphatic rings. The maximum absolute atomic E-state index is 11.8. The lowest BCUT2D eigenvalue weighted by Crippen LogP contribution is -2.28. The first-order valence-electron chi connectivity index (χ1n) is 7.76. The number of rotatable bonds is 10. The van der Waals surface area contributed by atoms with Crippen LogP contribution in [0.5, 0.6) is 5.75 Å². The first-order chi connectivity index (χ1) is 12.2. The molecule has 0 aliphatic heterocycles. The van der Waals surface area contributed by atoms with Crippen molar-refractivity contribution < 1.29 is 14.3 Å². The fourth-order valence-electron chi connectivity index (χ4n) is 2.12. The second kappa shape index (κ2) is 9.85. The van der Waals surface area contributed by atoms with E-state index in [4.69, 9.17) is 9.47 Å². The number of carbonyl (C=O) groups excluding carboxylic acids is 1. The van der Waals surface area contributed by atoms with E-state index < -0.39 is 0 Å². The van der Waals surface area contributed by atoms with Crippen LogP contribution in [0.1, 0.15) is 0 Å². The summed E-state index contributed by atoms with van der Waals surface area (Å²) in [5, 5.41) is 11.9. The fraction of sp³-hybridized carbons (Fsp3) is 0.353. The molecule has 0 saturated carbocycles. The van der Waals surface area contributed by atoms with Crippen LogP contribution in [-0.2, 0) is 16.1 Å². The number of hydrogen-bond acceptors (Lipinski definition) is 6. The van der Waals surface area contributed by atoms with Crippen molar-refractivity contribution in [2.24, 2.45) is 0 Å². The fourth-order valence-corrected chi connectivity index (χ4v) is 2.89. The Kier molecular flexibility index (Phi) is 7.49. The molecular formula is C17H22N4O3S. The van der Waals surface area contributed by atoms with Gasteiger partial charge in [0.2, 0.25) is 5.91 Å². The third-order valence-corrected chi connectivity index (χ3v) is 4.30.